The van der Waals surface area contributed by atoms with Gasteiger partial charge in [0.2, 0.25) is 0 Å². The first-order chi connectivity index (χ1) is 5.70. The number of hydrogen-bond donors (Lipinski definition) is 0. The maximum atomic E-state index is 11.5. The van der Waals surface area contributed by atoms with Crippen molar-refractivity contribution in [3.63, 3.8) is 0 Å². The highest BCUT2D eigenvalue weighted by atomic mass is 16.5. The molecule has 2 heteroatoms. The van der Waals surface area contributed by atoms with Crippen LogP contribution in [0.5, 0.6) is 0 Å². The zero-order valence-corrected chi connectivity index (χ0v) is 8.01. The Morgan fingerprint density at radius 3 is 2.75 bits per heavy atom. The number of carbonyl (C=O) groups excluding carboxylic acids is 1. The van der Waals surface area contributed by atoms with Crippen LogP contribution in [0, 0.1) is 5.92 Å². The van der Waals surface area contributed by atoms with E-state index in [4.69, 9.17) is 4.74 Å². The summed E-state index contributed by atoms with van der Waals surface area (Å²) in [5, 5.41) is 0. The molecule has 12 heavy (non-hydrogen) atoms. The SMILES string of the molecule is CC(C)CC(=O)C1CCCCO1. The van der Waals surface area contributed by atoms with E-state index in [1.807, 2.05) is 0 Å². The zero-order valence-electron chi connectivity index (χ0n) is 8.01. The van der Waals surface area contributed by atoms with Crippen LogP contribution in [0.2, 0.25) is 0 Å². The van der Waals surface area contributed by atoms with Gasteiger partial charge in [-0.15, -0.1) is 0 Å². The number of carbonyl (C=O) groups is 1. The van der Waals surface area contributed by atoms with Crippen molar-refractivity contribution in [3.05, 3.63) is 0 Å². The third-order valence-corrected chi connectivity index (χ3v) is 2.15. The molecule has 0 aliphatic carbocycles. The summed E-state index contributed by atoms with van der Waals surface area (Å²) in [6.45, 7) is 4.91. The molecule has 0 aromatic heterocycles. The molecule has 0 bridgehead atoms. The molecule has 1 rings (SSSR count). The third-order valence-electron chi connectivity index (χ3n) is 2.15. The van der Waals surface area contributed by atoms with E-state index in [9.17, 15) is 4.79 Å². The molecule has 2 nitrogen and oxygen atoms in total. The average Bonchev–Trinajstić information content (AvgIpc) is 2.05. The summed E-state index contributed by atoms with van der Waals surface area (Å²) in [4.78, 5) is 11.5. The smallest absolute Gasteiger partial charge is 0.161 e. The highest BCUT2D eigenvalue weighted by molar-refractivity contribution is 5.83. The minimum atomic E-state index is -0.0823. The molecule has 70 valence electrons. The number of ether oxygens (including phenoxy) is 1. The third kappa shape index (κ3) is 2.94. The Kier molecular flexibility index (Phi) is 3.73. The molecule has 1 saturated heterocycles. The highest BCUT2D eigenvalue weighted by Gasteiger charge is 2.21. The van der Waals surface area contributed by atoms with Crippen molar-refractivity contribution in [3.8, 4) is 0 Å². The Labute approximate surface area is 74.3 Å². The van der Waals surface area contributed by atoms with Crippen LogP contribution in [0.4, 0.5) is 0 Å². The van der Waals surface area contributed by atoms with Crippen LogP contribution < -0.4 is 0 Å². The maximum Gasteiger partial charge on any atom is 0.161 e. The fourth-order valence-corrected chi connectivity index (χ4v) is 1.53. The van der Waals surface area contributed by atoms with Gasteiger partial charge in [0.15, 0.2) is 5.78 Å². The van der Waals surface area contributed by atoms with Crippen LogP contribution >= 0.6 is 0 Å². The Hall–Kier alpha value is -0.370. The Morgan fingerprint density at radius 2 is 2.25 bits per heavy atom. The van der Waals surface area contributed by atoms with Crippen LogP contribution in [0.25, 0.3) is 0 Å². The summed E-state index contributed by atoms with van der Waals surface area (Å²) < 4.78 is 5.39. The van der Waals surface area contributed by atoms with E-state index in [1.54, 1.807) is 0 Å². The molecule has 0 N–H and O–H groups in total. The van der Waals surface area contributed by atoms with Crippen LogP contribution in [-0.4, -0.2) is 18.5 Å². The summed E-state index contributed by atoms with van der Waals surface area (Å²) in [6.07, 6.45) is 3.79. The van der Waals surface area contributed by atoms with Gasteiger partial charge in [-0.05, 0) is 25.2 Å². The molecule has 0 aromatic carbocycles. The van der Waals surface area contributed by atoms with Crippen molar-refractivity contribution in [2.45, 2.75) is 45.6 Å². The molecule has 0 amide bonds. The molecule has 1 unspecified atom stereocenters. The molecule has 0 spiro atoms. The first-order valence-electron chi connectivity index (χ1n) is 4.84. The number of hydrogen-bond acceptors (Lipinski definition) is 2. The molecule has 1 heterocycles. The predicted octanol–water partition coefficient (Wildman–Crippen LogP) is 2.17. The second-order valence-electron chi connectivity index (χ2n) is 3.92. The summed E-state index contributed by atoms with van der Waals surface area (Å²) in [6, 6.07) is 0. The number of Topliss-reactive ketones (excluding diaryl/α,β-unsaturated/α-hetero) is 1. The van der Waals surface area contributed by atoms with Gasteiger partial charge in [0.1, 0.15) is 6.10 Å². The first kappa shape index (κ1) is 9.72. The van der Waals surface area contributed by atoms with Crippen LogP contribution in [0.3, 0.4) is 0 Å². The molecule has 1 atom stereocenters. The molecular weight excluding hydrogens is 152 g/mol. The standard InChI is InChI=1S/C10H18O2/c1-8(2)7-9(11)10-5-3-4-6-12-10/h8,10H,3-7H2,1-2H3. The van der Waals surface area contributed by atoms with E-state index in [-0.39, 0.29) is 6.10 Å². The van der Waals surface area contributed by atoms with Crippen LogP contribution in [0.1, 0.15) is 39.5 Å². The second-order valence-corrected chi connectivity index (χ2v) is 3.92. The minimum absolute atomic E-state index is 0.0823. The predicted molar refractivity (Wildman–Crippen MR) is 48.1 cm³/mol. The van der Waals surface area contributed by atoms with Gasteiger partial charge in [0.25, 0.3) is 0 Å². The van der Waals surface area contributed by atoms with Gasteiger partial charge in [-0.25, -0.2) is 0 Å². The van der Waals surface area contributed by atoms with Gasteiger partial charge in [-0.3, -0.25) is 4.79 Å². The largest absolute Gasteiger partial charge is 0.370 e. The number of ketones is 1. The highest BCUT2D eigenvalue weighted by Crippen LogP contribution is 2.16. The van der Waals surface area contributed by atoms with E-state index >= 15 is 0 Å². The van der Waals surface area contributed by atoms with E-state index in [0.29, 0.717) is 18.1 Å². The van der Waals surface area contributed by atoms with Gasteiger partial charge in [-0.1, -0.05) is 13.8 Å². The van der Waals surface area contributed by atoms with Crippen molar-refractivity contribution in [1.82, 2.24) is 0 Å². The van der Waals surface area contributed by atoms with E-state index in [2.05, 4.69) is 13.8 Å². The average molecular weight is 170 g/mol. The maximum absolute atomic E-state index is 11.5. The van der Waals surface area contributed by atoms with E-state index in [1.165, 1.54) is 0 Å². The molecular formula is C10H18O2. The lowest BCUT2D eigenvalue weighted by atomic mass is 9.98. The fourth-order valence-electron chi connectivity index (χ4n) is 1.53. The van der Waals surface area contributed by atoms with E-state index < -0.39 is 0 Å². The van der Waals surface area contributed by atoms with Gasteiger partial charge in [0, 0.05) is 13.0 Å². The number of rotatable bonds is 3. The normalized spacial score (nSPS) is 24.4. The van der Waals surface area contributed by atoms with E-state index in [0.717, 1.165) is 25.9 Å². The summed E-state index contributed by atoms with van der Waals surface area (Å²) >= 11 is 0. The lowest BCUT2D eigenvalue weighted by Gasteiger charge is -2.21. The van der Waals surface area contributed by atoms with Crippen LogP contribution in [0.15, 0.2) is 0 Å². The van der Waals surface area contributed by atoms with Crippen molar-refractivity contribution in [2.75, 3.05) is 6.61 Å². The van der Waals surface area contributed by atoms with Gasteiger partial charge < -0.3 is 4.74 Å². The molecule has 1 fully saturated rings. The molecule has 0 radical (unpaired) electrons. The monoisotopic (exact) mass is 170 g/mol. The molecule has 1 aliphatic heterocycles. The van der Waals surface area contributed by atoms with Crippen LogP contribution in [-0.2, 0) is 9.53 Å². The van der Waals surface area contributed by atoms with Crippen molar-refractivity contribution in [2.24, 2.45) is 5.92 Å². The molecule has 1 aliphatic rings. The topological polar surface area (TPSA) is 26.3 Å². The van der Waals surface area contributed by atoms with Gasteiger partial charge in [0.05, 0.1) is 0 Å². The quantitative estimate of drug-likeness (QED) is 0.649. The summed E-state index contributed by atoms with van der Waals surface area (Å²) in [7, 11) is 0. The van der Waals surface area contributed by atoms with Crippen molar-refractivity contribution >= 4 is 5.78 Å². The molecule has 0 aromatic rings. The Balaban J connectivity index is 2.30. The first-order valence-corrected chi connectivity index (χ1v) is 4.84. The Bertz CT molecular complexity index is 146. The lowest BCUT2D eigenvalue weighted by Crippen LogP contribution is -2.28. The Morgan fingerprint density at radius 1 is 1.50 bits per heavy atom. The van der Waals surface area contributed by atoms with Crippen molar-refractivity contribution < 1.29 is 9.53 Å². The second kappa shape index (κ2) is 4.61. The zero-order chi connectivity index (χ0) is 8.97. The van der Waals surface area contributed by atoms with Gasteiger partial charge in [-0.2, -0.15) is 0 Å². The fraction of sp³-hybridized carbons (Fsp3) is 0.900. The summed E-state index contributed by atoms with van der Waals surface area (Å²) in [5.41, 5.74) is 0. The minimum Gasteiger partial charge on any atom is -0.370 e. The van der Waals surface area contributed by atoms with Crippen molar-refractivity contribution in [1.29, 1.82) is 0 Å². The molecule has 0 saturated carbocycles. The summed E-state index contributed by atoms with van der Waals surface area (Å²) in [5.74, 6) is 0.757. The lowest BCUT2D eigenvalue weighted by molar-refractivity contribution is -0.133. The van der Waals surface area contributed by atoms with Gasteiger partial charge >= 0.3 is 0 Å².